The van der Waals surface area contributed by atoms with Gasteiger partial charge in [0.15, 0.2) is 11.5 Å². The fourth-order valence-electron chi connectivity index (χ4n) is 3.04. The zero-order chi connectivity index (χ0) is 18.7. The Balaban J connectivity index is 1.65. The lowest BCUT2D eigenvalue weighted by molar-refractivity contribution is -0.119. The van der Waals surface area contributed by atoms with Gasteiger partial charge in [-0.1, -0.05) is 0 Å². The lowest BCUT2D eigenvalue weighted by Gasteiger charge is -2.32. The van der Waals surface area contributed by atoms with Gasteiger partial charge in [0.05, 0.1) is 6.54 Å². The Morgan fingerprint density at radius 1 is 1.31 bits per heavy atom. The number of hydrogen-bond acceptors (Lipinski definition) is 4. The lowest BCUT2D eigenvalue weighted by atomic mass is 10.1. The van der Waals surface area contributed by atoms with Crippen LogP contribution < -0.4 is 11.1 Å². The molecule has 2 amide bonds. The predicted octanol–water partition coefficient (Wildman–Crippen LogP) is 0.830. The zero-order valence-corrected chi connectivity index (χ0v) is 14.0. The highest BCUT2D eigenvalue weighted by atomic mass is 19.1. The van der Waals surface area contributed by atoms with Crippen LogP contribution in [0.1, 0.15) is 23.3 Å². The molecule has 138 valence electrons. The molecule has 2 aromatic rings. The number of carbonyl (C=O) groups excluding carboxylic acids is 2. The van der Waals surface area contributed by atoms with Crippen molar-refractivity contribution < 1.29 is 18.4 Å². The third kappa shape index (κ3) is 4.23. The zero-order valence-electron chi connectivity index (χ0n) is 14.0. The summed E-state index contributed by atoms with van der Waals surface area (Å²) in [4.78, 5) is 25.3. The summed E-state index contributed by atoms with van der Waals surface area (Å²) >= 11 is 0. The molecule has 1 aliphatic heterocycles. The van der Waals surface area contributed by atoms with Gasteiger partial charge in [-0.3, -0.25) is 14.5 Å². The molecule has 0 spiro atoms. The third-order valence-electron chi connectivity index (χ3n) is 4.20. The van der Waals surface area contributed by atoms with Crippen LogP contribution in [0, 0.1) is 11.6 Å². The number of likely N-dealkylation sites (tertiary alicyclic amines) is 1. The Labute approximate surface area is 148 Å². The summed E-state index contributed by atoms with van der Waals surface area (Å²) in [6.07, 6.45) is 3.06. The summed E-state index contributed by atoms with van der Waals surface area (Å²) in [6.45, 7) is 1.45. The van der Waals surface area contributed by atoms with Gasteiger partial charge >= 0.3 is 0 Å². The molecule has 0 bridgehead atoms. The SMILES string of the molecule is NC(=O)CN1CCCC(NC(=O)c2ccn(-c3ccc(F)cc3F)n2)C1. The fraction of sp³-hybridized carbons (Fsp3) is 0.353. The lowest BCUT2D eigenvalue weighted by Crippen LogP contribution is -2.49. The molecule has 2 heterocycles. The van der Waals surface area contributed by atoms with Gasteiger partial charge < -0.3 is 11.1 Å². The minimum atomic E-state index is -0.769. The number of benzene rings is 1. The third-order valence-corrected chi connectivity index (χ3v) is 4.20. The smallest absolute Gasteiger partial charge is 0.272 e. The highest BCUT2D eigenvalue weighted by Crippen LogP contribution is 2.15. The Morgan fingerprint density at radius 3 is 2.85 bits per heavy atom. The molecule has 3 rings (SSSR count). The second-order valence-corrected chi connectivity index (χ2v) is 6.26. The Hall–Kier alpha value is -2.81. The van der Waals surface area contributed by atoms with Crippen LogP contribution in [0.15, 0.2) is 30.5 Å². The van der Waals surface area contributed by atoms with Crippen molar-refractivity contribution in [2.24, 2.45) is 5.73 Å². The second kappa shape index (κ2) is 7.61. The van der Waals surface area contributed by atoms with E-state index in [1.54, 1.807) is 0 Å². The topological polar surface area (TPSA) is 93.3 Å². The Morgan fingerprint density at radius 2 is 2.12 bits per heavy atom. The minimum absolute atomic E-state index is 0.0516. The number of piperidine rings is 1. The number of aromatic nitrogens is 2. The van der Waals surface area contributed by atoms with Crippen LogP contribution in [0.3, 0.4) is 0 Å². The van der Waals surface area contributed by atoms with E-state index in [1.165, 1.54) is 23.0 Å². The Bertz CT molecular complexity index is 823. The van der Waals surface area contributed by atoms with Crippen molar-refractivity contribution in [3.63, 3.8) is 0 Å². The molecule has 1 atom stereocenters. The second-order valence-electron chi connectivity index (χ2n) is 6.26. The normalized spacial score (nSPS) is 17.8. The molecule has 1 aliphatic rings. The van der Waals surface area contributed by atoms with E-state index in [4.69, 9.17) is 5.73 Å². The van der Waals surface area contributed by atoms with E-state index < -0.39 is 23.4 Å². The number of amides is 2. The molecule has 0 saturated carbocycles. The summed E-state index contributed by atoms with van der Waals surface area (Å²) in [7, 11) is 0. The average molecular weight is 363 g/mol. The van der Waals surface area contributed by atoms with Gasteiger partial charge in [-0.25, -0.2) is 13.5 Å². The van der Waals surface area contributed by atoms with Gasteiger partial charge in [0, 0.05) is 24.8 Å². The molecule has 26 heavy (non-hydrogen) atoms. The summed E-state index contributed by atoms with van der Waals surface area (Å²) < 4.78 is 28.0. The van der Waals surface area contributed by atoms with Crippen LogP contribution in [0.2, 0.25) is 0 Å². The predicted molar refractivity (Wildman–Crippen MR) is 89.6 cm³/mol. The quantitative estimate of drug-likeness (QED) is 0.823. The minimum Gasteiger partial charge on any atom is -0.369 e. The van der Waals surface area contributed by atoms with Gasteiger partial charge in [-0.15, -0.1) is 0 Å². The van der Waals surface area contributed by atoms with E-state index in [1.807, 2.05) is 4.90 Å². The highest BCUT2D eigenvalue weighted by Gasteiger charge is 2.23. The number of nitrogens with two attached hydrogens (primary N) is 1. The molecule has 3 N–H and O–H groups in total. The van der Waals surface area contributed by atoms with Gasteiger partial charge in [0.25, 0.3) is 5.91 Å². The number of halogens is 2. The van der Waals surface area contributed by atoms with Crippen LogP contribution in [-0.2, 0) is 4.79 Å². The fourth-order valence-corrected chi connectivity index (χ4v) is 3.04. The van der Waals surface area contributed by atoms with E-state index >= 15 is 0 Å². The highest BCUT2D eigenvalue weighted by molar-refractivity contribution is 5.92. The number of hydrogen-bond donors (Lipinski definition) is 2. The van der Waals surface area contributed by atoms with Crippen molar-refractivity contribution in [3.8, 4) is 5.69 Å². The number of nitrogens with one attached hydrogen (secondary N) is 1. The van der Waals surface area contributed by atoms with Crippen molar-refractivity contribution in [2.45, 2.75) is 18.9 Å². The van der Waals surface area contributed by atoms with Crippen molar-refractivity contribution in [2.75, 3.05) is 19.6 Å². The molecule has 1 unspecified atom stereocenters. The van der Waals surface area contributed by atoms with E-state index in [9.17, 15) is 18.4 Å². The largest absolute Gasteiger partial charge is 0.369 e. The van der Waals surface area contributed by atoms with Crippen molar-refractivity contribution >= 4 is 11.8 Å². The summed E-state index contributed by atoms with van der Waals surface area (Å²) in [5.74, 6) is -2.25. The van der Waals surface area contributed by atoms with Gasteiger partial charge in [0.2, 0.25) is 5.91 Å². The monoisotopic (exact) mass is 363 g/mol. The summed E-state index contributed by atoms with van der Waals surface area (Å²) in [5.41, 5.74) is 5.38. The number of primary amides is 1. The van der Waals surface area contributed by atoms with Crippen LogP contribution in [-0.4, -0.2) is 52.2 Å². The molecular weight excluding hydrogens is 344 g/mol. The van der Waals surface area contributed by atoms with E-state index in [2.05, 4.69) is 10.4 Å². The molecular formula is C17H19F2N5O2. The molecule has 0 radical (unpaired) electrons. The summed E-state index contributed by atoms with van der Waals surface area (Å²) in [6, 6.07) is 4.47. The van der Waals surface area contributed by atoms with Crippen molar-refractivity contribution in [1.29, 1.82) is 0 Å². The summed E-state index contributed by atoms with van der Waals surface area (Å²) in [5, 5.41) is 6.92. The molecule has 0 aliphatic carbocycles. The number of nitrogens with zero attached hydrogens (tertiary/aromatic N) is 3. The molecule has 1 saturated heterocycles. The maximum absolute atomic E-state index is 13.8. The maximum atomic E-state index is 13.8. The first kappa shape index (κ1) is 18.0. The first-order valence-corrected chi connectivity index (χ1v) is 8.25. The van der Waals surface area contributed by atoms with Crippen LogP contribution >= 0.6 is 0 Å². The van der Waals surface area contributed by atoms with Crippen LogP contribution in [0.25, 0.3) is 5.69 Å². The molecule has 9 heteroatoms. The van der Waals surface area contributed by atoms with Crippen LogP contribution in [0.4, 0.5) is 8.78 Å². The van der Waals surface area contributed by atoms with Gasteiger partial charge in [0.1, 0.15) is 11.5 Å². The van der Waals surface area contributed by atoms with E-state index in [-0.39, 0.29) is 24.0 Å². The molecule has 7 nitrogen and oxygen atoms in total. The van der Waals surface area contributed by atoms with Crippen molar-refractivity contribution in [3.05, 3.63) is 47.8 Å². The number of carbonyl (C=O) groups is 2. The standard InChI is InChI=1S/C17H19F2N5O2/c18-11-3-4-15(13(19)8-11)24-7-5-14(22-24)17(26)21-12-2-1-6-23(9-12)10-16(20)25/h3-5,7-8,12H,1-2,6,9-10H2,(H2,20,25)(H,21,26). The van der Waals surface area contributed by atoms with Crippen LogP contribution in [0.5, 0.6) is 0 Å². The molecule has 1 aromatic heterocycles. The van der Waals surface area contributed by atoms with E-state index in [0.717, 1.165) is 31.5 Å². The van der Waals surface area contributed by atoms with Gasteiger partial charge in [-0.05, 0) is 37.6 Å². The van der Waals surface area contributed by atoms with Crippen molar-refractivity contribution in [1.82, 2.24) is 20.0 Å². The maximum Gasteiger partial charge on any atom is 0.272 e. The molecule has 1 aromatic carbocycles. The average Bonchev–Trinajstić information content (AvgIpc) is 3.04. The van der Waals surface area contributed by atoms with Gasteiger partial charge in [-0.2, -0.15) is 5.10 Å². The van der Waals surface area contributed by atoms with E-state index in [0.29, 0.717) is 6.54 Å². The first-order valence-electron chi connectivity index (χ1n) is 8.25. The molecule has 1 fully saturated rings. The first-order chi connectivity index (χ1) is 12.4. The number of rotatable bonds is 5. The Kier molecular flexibility index (Phi) is 5.27.